The van der Waals surface area contributed by atoms with Gasteiger partial charge in [-0.1, -0.05) is 6.07 Å². The Bertz CT molecular complexity index is 1010. The van der Waals surface area contributed by atoms with E-state index in [4.69, 9.17) is 23.7 Å². The zero-order chi connectivity index (χ0) is 17.3. The van der Waals surface area contributed by atoms with Crippen LogP contribution < -0.4 is 18.9 Å². The lowest BCUT2D eigenvalue weighted by Crippen LogP contribution is -2.17. The fraction of sp³-hybridized carbons (Fsp3) is 0.250. The summed E-state index contributed by atoms with van der Waals surface area (Å²) in [6, 6.07) is 9.74. The predicted molar refractivity (Wildman–Crippen MR) is 89.3 cm³/mol. The number of benzene rings is 2. The van der Waals surface area contributed by atoms with Gasteiger partial charge in [0, 0.05) is 11.5 Å². The number of hydrogen-bond acceptors (Lipinski definition) is 6. The third-order valence-electron chi connectivity index (χ3n) is 5.31. The number of cyclic esters (lactones) is 1. The molecule has 0 amide bonds. The molecule has 3 heterocycles. The van der Waals surface area contributed by atoms with Crippen LogP contribution in [0.25, 0.3) is 5.57 Å². The monoisotopic (exact) mass is 350 g/mol. The average Bonchev–Trinajstić information content (AvgIpc) is 3.37. The van der Waals surface area contributed by atoms with E-state index in [1.165, 1.54) is 0 Å². The minimum Gasteiger partial charge on any atom is -0.462 e. The van der Waals surface area contributed by atoms with Gasteiger partial charge in [-0.2, -0.15) is 0 Å². The fourth-order valence-electron chi connectivity index (χ4n) is 4.13. The van der Waals surface area contributed by atoms with Gasteiger partial charge in [0.2, 0.25) is 13.6 Å². The van der Waals surface area contributed by atoms with Crippen LogP contribution in [-0.2, 0) is 16.0 Å². The first-order chi connectivity index (χ1) is 12.8. The zero-order valence-electron chi connectivity index (χ0n) is 13.7. The summed E-state index contributed by atoms with van der Waals surface area (Å²) in [5.41, 5.74) is 4.64. The minimum atomic E-state index is -0.244. The highest BCUT2D eigenvalue weighted by atomic mass is 16.7. The molecule has 1 fully saturated rings. The Morgan fingerprint density at radius 3 is 2.38 bits per heavy atom. The summed E-state index contributed by atoms with van der Waals surface area (Å²) in [6.45, 7) is 0.848. The standard InChI is InChI=1S/C20H14O6/c21-20-19-12(7-22-20)3-11-5-16-17(26-9-25-16)6-13(11)18(19)10-1-2-14-15(4-10)24-8-23-14/h1-2,4-6,12H,3,7-9H2/t12-/m0/s1. The van der Waals surface area contributed by atoms with Gasteiger partial charge in [0.25, 0.3) is 0 Å². The number of fused-ring (bicyclic) bond motifs is 4. The molecular weight excluding hydrogens is 336 g/mol. The van der Waals surface area contributed by atoms with Crippen LogP contribution in [0.1, 0.15) is 16.7 Å². The molecule has 1 aliphatic carbocycles. The van der Waals surface area contributed by atoms with E-state index in [9.17, 15) is 4.79 Å². The summed E-state index contributed by atoms with van der Waals surface area (Å²) in [4.78, 5) is 12.5. The van der Waals surface area contributed by atoms with E-state index in [0.29, 0.717) is 23.9 Å². The molecule has 1 atom stereocenters. The highest BCUT2D eigenvalue weighted by molar-refractivity contribution is 6.05. The van der Waals surface area contributed by atoms with Gasteiger partial charge in [0.1, 0.15) is 0 Å². The number of carbonyl (C=O) groups excluding carboxylic acids is 1. The maximum Gasteiger partial charge on any atom is 0.335 e. The van der Waals surface area contributed by atoms with E-state index < -0.39 is 0 Å². The third-order valence-corrected chi connectivity index (χ3v) is 5.31. The molecule has 0 aromatic heterocycles. The predicted octanol–water partition coefficient (Wildman–Crippen LogP) is 2.68. The molecule has 2 aromatic rings. The number of ether oxygens (including phenoxy) is 5. The van der Waals surface area contributed by atoms with Crippen LogP contribution in [0, 0.1) is 5.92 Å². The van der Waals surface area contributed by atoms with E-state index >= 15 is 0 Å². The molecule has 3 aliphatic heterocycles. The van der Waals surface area contributed by atoms with Crippen LogP contribution in [0.5, 0.6) is 23.0 Å². The van der Waals surface area contributed by atoms with Gasteiger partial charge >= 0.3 is 5.97 Å². The Hall–Kier alpha value is -3.15. The second kappa shape index (κ2) is 4.94. The Kier molecular flexibility index (Phi) is 2.67. The van der Waals surface area contributed by atoms with Crippen molar-refractivity contribution in [3.63, 3.8) is 0 Å². The van der Waals surface area contributed by atoms with Gasteiger partial charge in [-0.25, -0.2) is 4.79 Å². The first kappa shape index (κ1) is 14.1. The molecule has 0 N–H and O–H groups in total. The van der Waals surface area contributed by atoms with Crippen LogP contribution in [0.3, 0.4) is 0 Å². The maximum atomic E-state index is 12.5. The first-order valence-electron chi connectivity index (χ1n) is 8.52. The molecule has 0 unspecified atom stereocenters. The smallest absolute Gasteiger partial charge is 0.335 e. The molecule has 0 bridgehead atoms. The van der Waals surface area contributed by atoms with Gasteiger partial charge in [-0.3, -0.25) is 0 Å². The van der Waals surface area contributed by atoms with Crippen molar-refractivity contribution in [2.24, 2.45) is 5.92 Å². The lowest BCUT2D eigenvalue weighted by molar-refractivity contribution is -0.135. The number of carbonyl (C=O) groups is 1. The molecule has 26 heavy (non-hydrogen) atoms. The molecule has 1 saturated heterocycles. The minimum absolute atomic E-state index is 0.0517. The van der Waals surface area contributed by atoms with Crippen molar-refractivity contribution < 1.29 is 28.5 Å². The van der Waals surface area contributed by atoms with E-state index in [-0.39, 0.29) is 25.5 Å². The van der Waals surface area contributed by atoms with Gasteiger partial charge < -0.3 is 23.7 Å². The lowest BCUT2D eigenvalue weighted by Gasteiger charge is -2.24. The van der Waals surface area contributed by atoms with Crippen LogP contribution >= 0.6 is 0 Å². The van der Waals surface area contributed by atoms with Crippen molar-refractivity contribution in [2.75, 3.05) is 20.2 Å². The van der Waals surface area contributed by atoms with Gasteiger partial charge in [0.05, 0.1) is 12.2 Å². The lowest BCUT2D eigenvalue weighted by atomic mass is 9.77. The number of rotatable bonds is 1. The van der Waals surface area contributed by atoms with Gasteiger partial charge in [-0.05, 0) is 47.4 Å². The highest BCUT2D eigenvalue weighted by Gasteiger charge is 2.39. The van der Waals surface area contributed by atoms with E-state index in [0.717, 1.165) is 40.0 Å². The largest absolute Gasteiger partial charge is 0.462 e. The summed E-state index contributed by atoms with van der Waals surface area (Å²) in [6.07, 6.45) is 0.751. The normalized spacial score (nSPS) is 21.5. The summed E-state index contributed by atoms with van der Waals surface area (Å²) < 4.78 is 27.4. The molecule has 6 heteroatoms. The van der Waals surface area contributed by atoms with E-state index in [2.05, 4.69) is 0 Å². The Morgan fingerprint density at radius 1 is 0.808 bits per heavy atom. The third kappa shape index (κ3) is 1.84. The Morgan fingerprint density at radius 2 is 1.54 bits per heavy atom. The molecular formula is C20H14O6. The van der Waals surface area contributed by atoms with E-state index in [1.807, 2.05) is 30.3 Å². The molecule has 2 aromatic carbocycles. The molecule has 4 aliphatic rings. The van der Waals surface area contributed by atoms with Crippen LogP contribution in [0.15, 0.2) is 35.9 Å². The first-order valence-corrected chi connectivity index (χ1v) is 8.52. The Balaban J connectivity index is 1.61. The Labute approximate surface area is 148 Å². The molecule has 0 spiro atoms. The molecule has 6 rings (SSSR count). The van der Waals surface area contributed by atoms with Crippen molar-refractivity contribution in [3.8, 4) is 23.0 Å². The number of hydrogen-bond donors (Lipinski definition) is 0. The summed E-state index contributed by atoms with van der Waals surface area (Å²) in [5, 5.41) is 0. The van der Waals surface area contributed by atoms with Crippen molar-refractivity contribution in [1.82, 2.24) is 0 Å². The summed E-state index contributed by atoms with van der Waals surface area (Å²) in [7, 11) is 0. The SMILES string of the molecule is O=C1OC[C@@H]2Cc3cc4c(cc3C(c3ccc5c(c3)OCO5)=C12)OCO4. The fourth-order valence-corrected chi connectivity index (χ4v) is 4.13. The topological polar surface area (TPSA) is 63.2 Å². The second-order valence-corrected chi connectivity index (χ2v) is 6.72. The molecule has 6 nitrogen and oxygen atoms in total. The van der Waals surface area contributed by atoms with Crippen molar-refractivity contribution in [3.05, 3.63) is 52.6 Å². The van der Waals surface area contributed by atoms with Crippen LogP contribution in [0.2, 0.25) is 0 Å². The van der Waals surface area contributed by atoms with Gasteiger partial charge in [-0.15, -0.1) is 0 Å². The average molecular weight is 350 g/mol. The van der Waals surface area contributed by atoms with Crippen molar-refractivity contribution in [1.29, 1.82) is 0 Å². The summed E-state index contributed by atoms with van der Waals surface area (Å²) in [5.74, 6) is 2.66. The van der Waals surface area contributed by atoms with Crippen molar-refractivity contribution >= 4 is 11.5 Å². The molecule has 0 saturated carbocycles. The van der Waals surface area contributed by atoms with Crippen LogP contribution in [0.4, 0.5) is 0 Å². The van der Waals surface area contributed by atoms with Crippen molar-refractivity contribution in [2.45, 2.75) is 6.42 Å². The van der Waals surface area contributed by atoms with Crippen LogP contribution in [-0.4, -0.2) is 26.2 Å². The molecule has 130 valence electrons. The van der Waals surface area contributed by atoms with Gasteiger partial charge in [0.15, 0.2) is 23.0 Å². The summed E-state index contributed by atoms with van der Waals surface area (Å²) >= 11 is 0. The second-order valence-electron chi connectivity index (χ2n) is 6.72. The zero-order valence-corrected chi connectivity index (χ0v) is 13.7. The highest BCUT2D eigenvalue weighted by Crippen LogP contribution is 2.48. The molecule has 0 radical (unpaired) electrons. The number of esters is 1. The quantitative estimate of drug-likeness (QED) is 0.737. The van der Waals surface area contributed by atoms with E-state index in [1.54, 1.807) is 0 Å². The maximum absolute atomic E-state index is 12.5.